The average molecular weight is 572 g/mol. The third-order valence-corrected chi connectivity index (χ3v) is 7.55. The van der Waals surface area contributed by atoms with Crippen molar-refractivity contribution in [3.63, 3.8) is 0 Å². The van der Waals surface area contributed by atoms with Gasteiger partial charge in [-0.1, -0.05) is 58.4 Å². The van der Waals surface area contributed by atoms with Crippen molar-refractivity contribution in [1.82, 2.24) is 9.80 Å². The van der Waals surface area contributed by atoms with Gasteiger partial charge in [-0.05, 0) is 77.1 Å². The molecule has 0 saturated carbocycles. The summed E-state index contributed by atoms with van der Waals surface area (Å²) in [4.78, 5) is 43.7. The minimum absolute atomic E-state index is 0.137. The summed E-state index contributed by atoms with van der Waals surface area (Å²) in [6.07, 6.45) is 0.700. The predicted molar refractivity (Wildman–Crippen MR) is 144 cm³/mol. The lowest BCUT2D eigenvalue weighted by Crippen LogP contribution is -2.54. The number of rotatable bonds is 5. The highest BCUT2D eigenvalue weighted by Gasteiger charge is 2.52. The molecule has 0 unspecified atom stereocenters. The first-order valence-corrected chi connectivity index (χ1v) is 13.5. The first-order chi connectivity index (χ1) is 17.4. The number of hydrogen-bond acceptors (Lipinski definition) is 5. The van der Waals surface area contributed by atoms with Gasteiger partial charge in [-0.2, -0.15) is 0 Å². The van der Waals surface area contributed by atoms with Crippen molar-refractivity contribution in [3.05, 3.63) is 70.2 Å². The number of likely N-dealkylation sites (tertiary alicyclic amines) is 1. The molecule has 198 valence electrons. The summed E-state index contributed by atoms with van der Waals surface area (Å²) in [5.41, 5.74) is 0.552. The normalized spacial score (nSPS) is 22.1. The molecule has 7 nitrogen and oxygen atoms in total. The van der Waals surface area contributed by atoms with E-state index in [0.29, 0.717) is 19.3 Å². The number of amides is 3. The van der Waals surface area contributed by atoms with E-state index in [-0.39, 0.29) is 12.5 Å². The van der Waals surface area contributed by atoms with E-state index in [0.717, 1.165) is 15.6 Å². The van der Waals surface area contributed by atoms with Crippen molar-refractivity contribution < 1.29 is 23.9 Å². The minimum atomic E-state index is -0.758. The minimum Gasteiger partial charge on any atom is -0.447 e. The summed E-state index contributed by atoms with van der Waals surface area (Å²) in [5, 5.41) is 0. The van der Waals surface area contributed by atoms with Crippen LogP contribution in [0.15, 0.2) is 59.1 Å². The number of halogens is 1. The number of ether oxygens (including phenoxy) is 2. The molecular weight excluding hydrogens is 536 g/mol. The molecule has 2 heterocycles. The SMILES string of the molecule is CC(C)(C)OC(=O)N1[C@H]([C@H](C(=O)N2C(=O)OC[C@H]2Cc2ccccc2)c2ccc(Br)cc2)CCC1(C)C. The lowest BCUT2D eigenvalue weighted by Gasteiger charge is -2.40. The van der Waals surface area contributed by atoms with Crippen molar-refractivity contribution in [3.8, 4) is 0 Å². The highest BCUT2D eigenvalue weighted by atomic mass is 79.9. The Labute approximate surface area is 227 Å². The Balaban J connectivity index is 1.73. The number of carbonyl (C=O) groups is 3. The lowest BCUT2D eigenvalue weighted by atomic mass is 9.88. The molecule has 0 N–H and O–H groups in total. The van der Waals surface area contributed by atoms with Crippen LogP contribution in [-0.2, 0) is 20.7 Å². The number of cyclic esters (lactones) is 1. The van der Waals surface area contributed by atoms with Gasteiger partial charge >= 0.3 is 12.2 Å². The number of hydrogen-bond donors (Lipinski definition) is 0. The molecule has 2 aromatic carbocycles. The van der Waals surface area contributed by atoms with Crippen molar-refractivity contribution >= 4 is 34.0 Å². The zero-order valence-corrected chi connectivity index (χ0v) is 23.7. The standard InChI is InChI=1S/C29H35BrN2O5/c1-28(2,3)37-27(35)32-23(15-16-29(32,4)5)24(20-11-13-21(30)14-12-20)25(33)31-22(18-36-26(31)34)17-19-9-7-6-8-10-19/h6-14,22-24H,15-18H2,1-5H3/t22-,23+,24-/m1/s1. The van der Waals surface area contributed by atoms with E-state index >= 15 is 0 Å². The molecule has 0 aliphatic carbocycles. The number of nitrogens with zero attached hydrogens (tertiary/aromatic N) is 2. The first kappa shape index (κ1) is 27.2. The van der Waals surface area contributed by atoms with Gasteiger partial charge in [-0.15, -0.1) is 0 Å². The van der Waals surface area contributed by atoms with E-state index in [9.17, 15) is 14.4 Å². The Kier molecular flexibility index (Phi) is 7.70. The molecule has 4 rings (SSSR count). The molecule has 2 aromatic rings. The predicted octanol–water partition coefficient (Wildman–Crippen LogP) is 6.30. The van der Waals surface area contributed by atoms with Crippen LogP contribution in [0.3, 0.4) is 0 Å². The van der Waals surface area contributed by atoms with Crippen molar-refractivity contribution in [2.45, 2.75) is 83.0 Å². The highest BCUT2D eigenvalue weighted by molar-refractivity contribution is 9.10. The van der Waals surface area contributed by atoms with Gasteiger partial charge in [-0.25, -0.2) is 14.5 Å². The molecule has 8 heteroatoms. The summed E-state index contributed by atoms with van der Waals surface area (Å²) in [5.74, 6) is -1.12. The quantitative estimate of drug-likeness (QED) is 0.421. The van der Waals surface area contributed by atoms with Crippen LogP contribution >= 0.6 is 15.9 Å². The van der Waals surface area contributed by atoms with Gasteiger partial charge in [0.2, 0.25) is 5.91 Å². The summed E-state index contributed by atoms with van der Waals surface area (Å²) in [6, 6.07) is 16.3. The molecule has 2 fully saturated rings. The fourth-order valence-corrected chi connectivity index (χ4v) is 5.59. The maximum absolute atomic E-state index is 14.3. The van der Waals surface area contributed by atoms with Gasteiger partial charge in [0.05, 0.1) is 18.0 Å². The van der Waals surface area contributed by atoms with Crippen LogP contribution in [0.5, 0.6) is 0 Å². The number of imide groups is 1. The fraction of sp³-hybridized carbons (Fsp3) is 0.483. The largest absolute Gasteiger partial charge is 0.447 e. The van der Waals surface area contributed by atoms with Crippen LogP contribution in [0.1, 0.15) is 64.5 Å². The van der Waals surface area contributed by atoms with Crippen LogP contribution < -0.4 is 0 Å². The summed E-state index contributed by atoms with van der Waals surface area (Å²) >= 11 is 3.47. The van der Waals surface area contributed by atoms with Crippen LogP contribution in [0.4, 0.5) is 9.59 Å². The summed E-state index contributed by atoms with van der Waals surface area (Å²) in [7, 11) is 0. The lowest BCUT2D eigenvalue weighted by molar-refractivity contribution is -0.132. The van der Waals surface area contributed by atoms with E-state index in [4.69, 9.17) is 9.47 Å². The van der Waals surface area contributed by atoms with E-state index < -0.39 is 41.3 Å². The average Bonchev–Trinajstić information content (AvgIpc) is 3.33. The molecule has 0 spiro atoms. The Bertz CT molecular complexity index is 1140. The maximum atomic E-state index is 14.3. The summed E-state index contributed by atoms with van der Waals surface area (Å²) < 4.78 is 12.0. The van der Waals surface area contributed by atoms with Crippen LogP contribution in [0.2, 0.25) is 0 Å². The number of carbonyl (C=O) groups excluding carboxylic acids is 3. The van der Waals surface area contributed by atoms with Gasteiger partial charge in [0.25, 0.3) is 0 Å². The molecule has 2 saturated heterocycles. The van der Waals surface area contributed by atoms with Gasteiger partial charge in [0, 0.05) is 10.0 Å². The number of benzene rings is 2. The second-order valence-electron chi connectivity index (χ2n) is 11.4. The molecule has 2 aliphatic rings. The monoisotopic (exact) mass is 570 g/mol. The van der Waals surface area contributed by atoms with Gasteiger partial charge in [0.1, 0.15) is 12.2 Å². The molecule has 3 atom stereocenters. The third-order valence-electron chi connectivity index (χ3n) is 7.02. The highest BCUT2D eigenvalue weighted by Crippen LogP contribution is 2.43. The second kappa shape index (κ2) is 10.5. The Morgan fingerprint density at radius 1 is 1.11 bits per heavy atom. The van der Waals surface area contributed by atoms with E-state index in [2.05, 4.69) is 15.9 Å². The zero-order chi connectivity index (χ0) is 27.0. The Hall–Kier alpha value is -2.87. The first-order valence-electron chi connectivity index (χ1n) is 12.7. The smallest absolute Gasteiger partial charge is 0.417 e. The molecule has 3 amide bonds. The molecule has 0 bridgehead atoms. The third kappa shape index (κ3) is 6.00. The second-order valence-corrected chi connectivity index (χ2v) is 12.3. The topological polar surface area (TPSA) is 76.2 Å². The van der Waals surface area contributed by atoms with Gasteiger partial charge < -0.3 is 9.47 Å². The fourth-order valence-electron chi connectivity index (χ4n) is 5.33. The van der Waals surface area contributed by atoms with E-state index in [1.807, 2.05) is 89.2 Å². The van der Waals surface area contributed by atoms with Crippen molar-refractivity contribution in [2.75, 3.05) is 6.61 Å². The molecule has 37 heavy (non-hydrogen) atoms. The zero-order valence-electron chi connectivity index (χ0n) is 22.1. The van der Waals surface area contributed by atoms with Gasteiger partial charge in [0.15, 0.2) is 0 Å². The summed E-state index contributed by atoms with van der Waals surface area (Å²) in [6.45, 7) is 9.60. The molecule has 0 radical (unpaired) electrons. The van der Waals surface area contributed by atoms with Crippen LogP contribution in [0.25, 0.3) is 0 Å². The van der Waals surface area contributed by atoms with Crippen molar-refractivity contribution in [2.24, 2.45) is 0 Å². The van der Waals surface area contributed by atoms with Gasteiger partial charge in [-0.3, -0.25) is 9.69 Å². The van der Waals surface area contributed by atoms with Crippen molar-refractivity contribution in [1.29, 1.82) is 0 Å². The molecule has 2 aliphatic heterocycles. The molecule has 0 aromatic heterocycles. The molecular formula is C29H35BrN2O5. The maximum Gasteiger partial charge on any atom is 0.417 e. The van der Waals surface area contributed by atoms with E-state index in [1.165, 1.54) is 4.90 Å². The van der Waals surface area contributed by atoms with Crippen LogP contribution in [-0.4, -0.2) is 57.7 Å². The van der Waals surface area contributed by atoms with E-state index in [1.54, 1.807) is 4.90 Å². The Morgan fingerprint density at radius 3 is 2.38 bits per heavy atom. The Morgan fingerprint density at radius 2 is 1.76 bits per heavy atom. The van der Waals surface area contributed by atoms with Crippen LogP contribution in [0, 0.1) is 0 Å².